The Hall–Kier alpha value is 0.320. The number of benzene rings is 1. The molecule has 1 nitrogen and oxygen atoms in total. The molecule has 1 aromatic rings. The molecule has 0 aromatic heterocycles. The van der Waals surface area contributed by atoms with Crippen LogP contribution in [0.4, 0.5) is 0 Å². The summed E-state index contributed by atoms with van der Waals surface area (Å²) in [6.07, 6.45) is 0.592. The maximum Gasteiger partial charge on any atom is 0.151 e. The highest BCUT2D eigenvalue weighted by molar-refractivity contribution is 14.1. The number of ketones is 1. The van der Waals surface area contributed by atoms with Gasteiger partial charge in [-0.1, -0.05) is 12.1 Å². The molecular weight excluding hydrogens is 351 g/mol. The highest BCUT2D eigenvalue weighted by atomic mass is 127. The van der Waals surface area contributed by atoms with Gasteiger partial charge in [-0.2, -0.15) is 11.8 Å². The number of halogens is 1. The summed E-state index contributed by atoms with van der Waals surface area (Å²) in [6, 6.07) is 8.23. The van der Waals surface area contributed by atoms with Gasteiger partial charge in [0.2, 0.25) is 0 Å². The fourth-order valence-corrected chi connectivity index (χ4v) is 4.60. The number of hydrogen-bond acceptors (Lipinski definition) is 3. The van der Waals surface area contributed by atoms with Crippen molar-refractivity contribution in [1.29, 1.82) is 0 Å². The van der Waals surface area contributed by atoms with Gasteiger partial charge >= 0.3 is 0 Å². The van der Waals surface area contributed by atoms with Gasteiger partial charge in [-0.3, -0.25) is 4.79 Å². The van der Waals surface area contributed by atoms with E-state index in [-0.39, 0.29) is 5.25 Å². The first-order valence-electron chi connectivity index (χ1n) is 5.22. The SMILES string of the molecule is O=C(Cc1ccc(I)cc1)C1CSCCS1. The minimum Gasteiger partial charge on any atom is -0.298 e. The third-order valence-corrected chi connectivity index (χ3v) is 5.99. The van der Waals surface area contributed by atoms with Gasteiger partial charge in [0.1, 0.15) is 0 Å². The summed E-state index contributed by atoms with van der Waals surface area (Å²) in [7, 11) is 0. The second-order valence-electron chi connectivity index (χ2n) is 3.70. The second-order valence-corrected chi connectivity index (χ2v) is 7.41. The number of hydrogen-bond donors (Lipinski definition) is 0. The van der Waals surface area contributed by atoms with E-state index < -0.39 is 0 Å². The van der Waals surface area contributed by atoms with Crippen molar-refractivity contribution in [2.24, 2.45) is 0 Å². The van der Waals surface area contributed by atoms with Gasteiger partial charge in [0, 0.05) is 27.2 Å². The van der Waals surface area contributed by atoms with Crippen LogP contribution < -0.4 is 0 Å². The third-order valence-electron chi connectivity index (χ3n) is 2.47. The monoisotopic (exact) mass is 364 g/mol. The molecule has 2 rings (SSSR count). The lowest BCUT2D eigenvalue weighted by atomic mass is 10.1. The van der Waals surface area contributed by atoms with Crippen molar-refractivity contribution in [3.8, 4) is 0 Å². The summed E-state index contributed by atoms with van der Waals surface area (Å²) in [5.41, 5.74) is 1.14. The molecule has 1 heterocycles. The molecule has 1 unspecified atom stereocenters. The third kappa shape index (κ3) is 3.67. The minimum atomic E-state index is 0.220. The summed E-state index contributed by atoms with van der Waals surface area (Å²) in [4.78, 5) is 12.0. The van der Waals surface area contributed by atoms with E-state index in [4.69, 9.17) is 0 Å². The zero-order valence-corrected chi connectivity index (χ0v) is 12.6. The maximum atomic E-state index is 12.0. The van der Waals surface area contributed by atoms with Crippen LogP contribution in [0.15, 0.2) is 24.3 Å². The number of thioether (sulfide) groups is 2. The number of Topliss-reactive ketones (excluding diaryl/α,β-unsaturated/α-hetero) is 1. The minimum absolute atomic E-state index is 0.220. The van der Waals surface area contributed by atoms with Gasteiger partial charge in [-0.25, -0.2) is 0 Å². The Balaban J connectivity index is 1.93. The largest absolute Gasteiger partial charge is 0.298 e. The zero-order valence-electron chi connectivity index (χ0n) is 8.82. The van der Waals surface area contributed by atoms with Crippen LogP contribution in [0, 0.1) is 3.57 Å². The number of carbonyl (C=O) groups excluding carboxylic acids is 1. The van der Waals surface area contributed by atoms with E-state index in [2.05, 4.69) is 46.9 Å². The summed E-state index contributed by atoms with van der Waals surface area (Å²) in [6.45, 7) is 0. The van der Waals surface area contributed by atoms with Gasteiger partial charge in [0.05, 0.1) is 5.25 Å². The summed E-state index contributed by atoms with van der Waals surface area (Å²) in [5.74, 6) is 3.69. The predicted molar refractivity (Wildman–Crippen MR) is 81.4 cm³/mol. The Morgan fingerprint density at radius 1 is 1.31 bits per heavy atom. The zero-order chi connectivity index (χ0) is 11.4. The van der Waals surface area contributed by atoms with Gasteiger partial charge in [0.15, 0.2) is 5.78 Å². The van der Waals surface area contributed by atoms with E-state index in [9.17, 15) is 4.79 Å². The standard InChI is InChI=1S/C12H13IOS2/c13-10-3-1-9(2-4-10)7-11(14)12-8-15-5-6-16-12/h1-4,12H,5-8H2. The van der Waals surface area contributed by atoms with Crippen molar-refractivity contribution in [1.82, 2.24) is 0 Å². The van der Waals surface area contributed by atoms with Crippen LogP contribution in [0.5, 0.6) is 0 Å². The van der Waals surface area contributed by atoms with Gasteiger partial charge < -0.3 is 0 Å². The molecule has 1 fully saturated rings. The van der Waals surface area contributed by atoms with Gasteiger partial charge in [0.25, 0.3) is 0 Å². The summed E-state index contributed by atoms with van der Waals surface area (Å²) >= 11 is 6.00. The molecule has 0 radical (unpaired) electrons. The molecule has 0 N–H and O–H groups in total. The molecular formula is C12H13IOS2. The van der Waals surface area contributed by atoms with Crippen molar-refractivity contribution < 1.29 is 4.79 Å². The lowest BCUT2D eigenvalue weighted by Gasteiger charge is -2.19. The second kappa shape index (κ2) is 6.31. The van der Waals surface area contributed by atoms with E-state index in [0.29, 0.717) is 12.2 Å². The molecule has 4 heteroatoms. The van der Waals surface area contributed by atoms with Crippen molar-refractivity contribution in [3.63, 3.8) is 0 Å². The maximum absolute atomic E-state index is 12.0. The smallest absolute Gasteiger partial charge is 0.151 e. The van der Waals surface area contributed by atoms with Crippen LogP contribution in [0.3, 0.4) is 0 Å². The first kappa shape index (κ1) is 12.8. The molecule has 0 aliphatic carbocycles. The lowest BCUT2D eigenvalue weighted by Crippen LogP contribution is -2.25. The normalized spacial score (nSPS) is 20.7. The molecule has 0 bridgehead atoms. The van der Waals surface area contributed by atoms with E-state index >= 15 is 0 Å². The van der Waals surface area contributed by atoms with E-state index in [1.807, 2.05) is 23.5 Å². The fourth-order valence-electron chi connectivity index (χ4n) is 1.59. The molecule has 1 atom stereocenters. The van der Waals surface area contributed by atoms with Crippen LogP contribution in [0.2, 0.25) is 0 Å². The quantitative estimate of drug-likeness (QED) is 0.767. The lowest BCUT2D eigenvalue weighted by molar-refractivity contribution is -0.117. The van der Waals surface area contributed by atoms with Gasteiger partial charge in [-0.05, 0) is 40.3 Å². The Kier molecular flexibility index (Phi) is 5.03. The Bertz CT molecular complexity index is 358. The molecule has 0 amide bonds. The highest BCUT2D eigenvalue weighted by Gasteiger charge is 2.21. The van der Waals surface area contributed by atoms with Crippen LogP contribution in [0.25, 0.3) is 0 Å². The van der Waals surface area contributed by atoms with Gasteiger partial charge in [-0.15, -0.1) is 11.8 Å². The Morgan fingerprint density at radius 3 is 2.69 bits per heavy atom. The molecule has 1 aromatic carbocycles. The first-order valence-corrected chi connectivity index (χ1v) is 8.50. The van der Waals surface area contributed by atoms with E-state index in [0.717, 1.165) is 17.1 Å². The summed E-state index contributed by atoms with van der Waals surface area (Å²) < 4.78 is 1.22. The van der Waals surface area contributed by atoms with Crippen molar-refractivity contribution in [3.05, 3.63) is 33.4 Å². The van der Waals surface area contributed by atoms with Crippen LogP contribution in [0.1, 0.15) is 5.56 Å². The van der Waals surface area contributed by atoms with Crippen molar-refractivity contribution in [2.45, 2.75) is 11.7 Å². The Morgan fingerprint density at radius 2 is 2.06 bits per heavy atom. The first-order chi connectivity index (χ1) is 7.75. The Labute approximate surface area is 118 Å². The van der Waals surface area contributed by atoms with Crippen LogP contribution in [-0.2, 0) is 11.2 Å². The average Bonchev–Trinajstić information content (AvgIpc) is 2.33. The molecule has 0 spiro atoms. The summed E-state index contributed by atoms with van der Waals surface area (Å²) in [5, 5.41) is 0.220. The average molecular weight is 364 g/mol. The predicted octanol–water partition coefficient (Wildman–Crippen LogP) is 3.25. The highest BCUT2D eigenvalue weighted by Crippen LogP contribution is 2.25. The van der Waals surface area contributed by atoms with Crippen LogP contribution >= 0.6 is 46.1 Å². The topological polar surface area (TPSA) is 17.1 Å². The van der Waals surface area contributed by atoms with Crippen LogP contribution in [-0.4, -0.2) is 28.3 Å². The molecule has 1 aliphatic heterocycles. The molecule has 1 aliphatic rings. The van der Waals surface area contributed by atoms with Crippen molar-refractivity contribution in [2.75, 3.05) is 17.3 Å². The molecule has 86 valence electrons. The number of rotatable bonds is 3. The fraction of sp³-hybridized carbons (Fsp3) is 0.417. The van der Waals surface area contributed by atoms with Crippen molar-refractivity contribution >= 4 is 51.9 Å². The molecule has 1 saturated heterocycles. The number of carbonyl (C=O) groups is 1. The van der Waals surface area contributed by atoms with E-state index in [1.165, 1.54) is 9.32 Å². The molecule has 16 heavy (non-hydrogen) atoms. The molecule has 0 saturated carbocycles. The van der Waals surface area contributed by atoms with E-state index in [1.54, 1.807) is 0 Å².